The molecule has 9 nitrogen and oxygen atoms in total. The Morgan fingerprint density at radius 2 is 1.85 bits per heavy atom. The molecule has 0 bridgehead atoms. The van der Waals surface area contributed by atoms with Crippen molar-refractivity contribution in [3.63, 3.8) is 0 Å². The number of nitrogens with two attached hydrogens (primary N) is 1. The van der Waals surface area contributed by atoms with Crippen molar-refractivity contribution in [2.45, 2.75) is 45.3 Å². The number of nitrogens with one attached hydrogen (secondary N) is 2. The highest BCUT2D eigenvalue weighted by Gasteiger charge is 2.28. The summed E-state index contributed by atoms with van der Waals surface area (Å²) in [5.41, 5.74) is 5.96. The Balaban J connectivity index is 1.70. The highest BCUT2D eigenvalue weighted by Crippen LogP contribution is 2.36. The third kappa shape index (κ3) is 6.61. The van der Waals surface area contributed by atoms with Gasteiger partial charge >= 0.3 is 12.1 Å². The standard InChI is InChI=1S/C23H30N4O5S/c1-23(2,3)32-22(30)27-10-8-15(9-11-27)25-19(28)17-13-18(33-20(17)26-21(24)29)14-6-5-7-16(12-14)31-4/h5-7,12-13,15H,8-11H2,1-4H3,(H,25,28)(H3,24,26,29). The number of anilines is 1. The molecule has 4 amide bonds. The number of urea groups is 1. The van der Waals surface area contributed by atoms with Gasteiger partial charge in [0.2, 0.25) is 0 Å². The van der Waals surface area contributed by atoms with Gasteiger partial charge in [-0.15, -0.1) is 11.3 Å². The van der Waals surface area contributed by atoms with Crippen LogP contribution in [0.3, 0.4) is 0 Å². The molecule has 0 radical (unpaired) electrons. The van der Waals surface area contributed by atoms with Gasteiger partial charge in [-0.05, 0) is 57.4 Å². The number of carbonyl (C=O) groups is 3. The lowest BCUT2D eigenvalue weighted by molar-refractivity contribution is 0.0199. The number of nitrogens with zero attached hydrogens (tertiary/aromatic N) is 1. The highest BCUT2D eigenvalue weighted by atomic mass is 32.1. The lowest BCUT2D eigenvalue weighted by Gasteiger charge is -2.33. The minimum atomic E-state index is -0.742. The predicted octanol–water partition coefficient (Wildman–Crippen LogP) is 4.04. The van der Waals surface area contributed by atoms with E-state index in [-0.39, 0.29) is 18.0 Å². The highest BCUT2D eigenvalue weighted by molar-refractivity contribution is 7.20. The van der Waals surface area contributed by atoms with Crippen LogP contribution < -0.4 is 21.1 Å². The second kappa shape index (κ2) is 10.1. The number of benzene rings is 1. The molecule has 10 heteroatoms. The van der Waals surface area contributed by atoms with Gasteiger partial charge in [-0.3, -0.25) is 10.1 Å². The third-order valence-electron chi connectivity index (χ3n) is 5.05. The normalized spacial score (nSPS) is 14.5. The average molecular weight is 475 g/mol. The molecular weight excluding hydrogens is 444 g/mol. The molecule has 4 N–H and O–H groups in total. The van der Waals surface area contributed by atoms with Crippen LogP contribution >= 0.6 is 11.3 Å². The Hall–Kier alpha value is -3.27. The predicted molar refractivity (Wildman–Crippen MR) is 128 cm³/mol. The number of likely N-dealkylation sites (tertiary alicyclic amines) is 1. The molecular formula is C23H30N4O5S. The van der Waals surface area contributed by atoms with Gasteiger partial charge in [0.1, 0.15) is 16.4 Å². The molecule has 2 aromatic rings. The fourth-order valence-corrected chi connectivity index (χ4v) is 4.53. The first kappa shape index (κ1) is 24.4. The SMILES string of the molecule is COc1cccc(-c2cc(C(=O)NC3CCN(C(=O)OC(C)(C)C)CC3)c(NC(N)=O)s2)c1. The fraction of sp³-hybridized carbons (Fsp3) is 0.435. The van der Waals surface area contributed by atoms with Crippen molar-refractivity contribution in [3.8, 4) is 16.2 Å². The molecule has 0 spiro atoms. The monoisotopic (exact) mass is 474 g/mol. The van der Waals surface area contributed by atoms with E-state index in [1.807, 2.05) is 45.0 Å². The topological polar surface area (TPSA) is 123 Å². The first-order valence-electron chi connectivity index (χ1n) is 10.7. The maximum atomic E-state index is 13.1. The number of ether oxygens (including phenoxy) is 2. The van der Waals surface area contributed by atoms with Gasteiger partial charge in [0.15, 0.2) is 0 Å². The van der Waals surface area contributed by atoms with E-state index in [1.165, 1.54) is 11.3 Å². The molecule has 1 aromatic heterocycles. The molecule has 0 saturated carbocycles. The fourth-order valence-electron chi connectivity index (χ4n) is 3.48. The number of methoxy groups -OCH3 is 1. The molecule has 178 valence electrons. The zero-order chi connectivity index (χ0) is 24.2. The van der Waals surface area contributed by atoms with Gasteiger partial charge in [-0.1, -0.05) is 12.1 Å². The number of thiophene rings is 1. The van der Waals surface area contributed by atoms with Crippen LogP contribution in [-0.2, 0) is 4.74 Å². The van der Waals surface area contributed by atoms with E-state index in [1.54, 1.807) is 18.1 Å². The molecule has 0 unspecified atom stereocenters. The zero-order valence-corrected chi connectivity index (χ0v) is 20.1. The molecule has 1 fully saturated rings. The summed E-state index contributed by atoms with van der Waals surface area (Å²) < 4.78 is 10.7. The Labute approximate surface area is 197 Å². The molecule has 1 aliphatic heterocycles. The lowest BCUT2D eigenvalue weighted by atomic mass is 10.0. The minimum absolute atomic E-state index is 0.0993. The van der Waals surface area contributed by atoms with Crippen LogP contribution in [-0.4, -0.2) is 54.8 Å². The zero-order valence-electron chi connectivity index (χ0n) is 19.3. The van der Waals surface area contributed by atoms with Gasteiger partial charge in [0, 0.05) is 24.0 Å². The first-order valence-corrected chi connectivity index (χ1v) is 11.5. The van der Waals surface area contributed by atoms with E-state index in [2.05, 4.69) is 10.6 Å². The molecule has 1 aliphatic rings. The number of primary amides is 1. The van der Waals surface area contributed by atoms with E-state index in [0.29, 0.717) is 42.2 Å². The summed E-state index contributed by atoms with van der Waals surface area (Å²) in [6.45, 7) is 6.47. The molecule has 3 rings (SSSR count). The molecule has 0 aliphatic carbocycles. The summed E-state index contributed by atoms with van der Waals surface area (Å²) in [5, 5.41) is 5.94. The van der Waals surface area contributed by atoms with E-state index >= 15 is 0 Å². The molecule has 0 atom stereocenters. The van der Waals surface area contributed by atoms with Crippen molar-refractivity contribution < 1.29 is 23.9 Å². The Kier molecular flexibility index (Phi) is 7.47. The van der Waals surface area contributed by atoms with Gasteiger partial charge in [0.05, 0.1) is 12.7 Å². The number of rotatable bonds is 5. The van der Waals surface area contributed by atoms with Crippen LogP contribution in [0, 0.1) is 0 Å². The van der Waals surface area contributed by atoms with Crippen molar-refractivity contribution in [2.24, 2.45) is 5.73 Å². The molecule has 1 saturated heterocycles. The number of amides is 4. The summed E-state index contributed by atoms with van der Waals surface area (Å²) >= 11 is 1.26. The number of hydrogen-bond donors (Lipinski definition) is 3. The quantitative estimate of drug-likeness (QED) is 0.603. The van der Waals surface area contributed by atoms with E-state index in [4.69, 9.17) is 15.2 Å². The molecule has 2 heterocycles. The lowest BCUT2D eigenvalue weighted by Crippen LogP contribution is -2.47. The van der Waals surface area contributed by atoms with Crippen molar-refractivity contribution in [3.05, 3.63) is 35.9 Å². The maximum absolute atomic E-state index is 13.1. The third-order valence-corrected chi connectivity index (χ3v) is 6.15. The maximum Gasteiger partial charge on any atom is 0.410 e. The second-order valence-electron chi connectivity index (χ2n) is 8.79. The summed E-state index contributed by atoms with van der Waals surface area (Å²) in [4.78, 5) is 39.3. The average Bonchev–Trinajstić information content (AvgIpc) is 3.16. The van der Waals surface area contributed by atoms with Crippen LogP contribution in [0.15, 0.2) is 30.3 Å². The van der Waals surface area contributed by atoms with Crippen molar-refractivity contribution in [2.75, 3.05) is 25.5 Å². The number of carbonyl (C=O) groups excluding carboxylic acids is 3. The number of piperidine rings is 1. The summed E-state index contributed by atoms with van der Waals surface area (Å²) in [6, 6.07) is 8.33. The minimum Gasteiger partial charge on any atom is -0.497 e. The molecule has 1 aromatic carbocycles. The van der Waals surface area contributed by atoms with Crippen LogP contribution in [0.25, 0.3) is 10.4 Å². The van der Waals surface area contributed by atoms with E-state index in [0.717, 1.165) is 10.4 Å². The van der Waals surface area contributed by atoms with Gasteiger partial charge < -0.3 is 25.4 Å². The second-order valence-corrected chi connectivity index (χ2v) is 9.84. The van der Waals surface area contributed by atoms with E-state index in [9.17, 15) is 14.4 Å². The summed E-state index contributed by atoms with van der Waals surface area (Å²) in [7, 11) is 1.58. The smallest absolute Gasteiger partial charge is 0.410 e. The largest absolute Gasteiger partial charge is 0.497 e. The van der Waals surface area contributed by atoms with E-state index < -0.39 is 11.6 Å². The van der Waals surface area contributed by atoms with Crippen molar-refractivity contribution in [1.82, 2.24) is 10.2 Å². The first-order chi connectivity index (χ1) is 15.6. The van der Waals surface area contributed by atoms with Crippen LogP contribution in [0.2, 0.25) is 0 Å². The van der Waals surface area contributed by atoms with Gasteiger partial charge in [0.25, 0.3) is 5.91 Å². The summed E-state index contributed by atoms with van der Waals surface area (Å²) in [6.07, 6.45) is 0.869. The van der Waals surface area contributed by atoms with Crippen molar-refractivity contribution >= 4 is 34.4 Å². The molecule has 33 heavy (non-hydrogen) atoms. The van der Waals surface area contributed by atoms with Crippen LogP contribution in [0.4, 0.5) is 14.6 Å². The van der Waals surface area contributed by atoms with Crippen molar-refractivity contribution in [1.29, 1.82) is 0 Å². The number of hydrogen-bond acceptors (Lipinski definition) is 6. The Morgan fingerprint density at radius 1 is 1.15 bits per heavy atom. The van der Waals surface area contributed by atoms with Gasteiger partial charge in [-0.2, -0.15) is 0 Å². The summed E-state index contributed by atoms with van der Waals surface area (Å²) in [5.74, 6) is 0.382. The van der Waals surface area contributed by atoms with Crippen LogP contribution in [0.5, 0.6) is 5.75 Å². The van der Waals surface area contributed by atoms with Crippen LogP contribution in [0.1, 0.15) is 44.0 Å². The van der Waals surface area contributed by atoms with Gasteiger partial charge in [-0.25, -0.2) is 9.59 Å². The Bertz CT molecular complexity index is 1020. The Morgan fingerprint density at radius 3 is 2.45 bits per heavy atom.